The van der Waals surface area contributed by atoms with Crippen molar-refractivity contribution in [1.82, 2.24) is 0 Å². The summed E-state index contributed by atoms with van der Waals surface area (Å²) in [4.78, 5) is 0. The predicted octanol–water partition coefficient (Wildman–Crippen LogP) is 3.45. The van der Waals surface area contributed by atoms with E-state index < -0.39 is 0 Å². The van der Waals surface area contributed by atoms with E-state index in [0.717, 1.165) is 28.3 Å². The summed E-state index contributed by atoms with van der Waals surface area (Å²) in [5, 5.41) is 9.80. The lowest BCUT2D eigenvalue weighted by Gasteiger charge is -2.08. The highest BCUT2D eigenvalue weighted by Gasteiger charge is 2.00. The third-order valence-corrected chi connectivity index (χ3v) is 3.05. The highest BCUT2D eigenvalue weighted by Crippen LogP contribution is 2.17. The largest absolute Gasteiger partial charge is 0.493 e. The van der Waals surface area contributed by atoms with Crippen LogP contribution in [0, 0.1) is 0 Å². The van der Waals surface area contributed by atoms with Gasteiger partial charge >= 0.3 is 0 Å². The zero-order chi connectivity index (χ0) is 12.8. The first kappa shape index (κ1) is 12.9. The van der Waals surface area contributed by atoms with Crippen molar-refractivity contribution < 1.29 is 9.84 Å². The average molecular weight is 263 g/mol. The van der Waals surface area contributed by atoms with E-state index in [4.69, 9.17) is 21.4 Å². The number of aliphatic hydroxyl groups excluding tert-OH is 1. The molecule has 0 radical (unpaired) electrons. The third kappa shape index (κ3) is 3.49. The second-order valence-corrected chi connectivity index (χ2v) is 4.40. The minimum Gasteiger partial charge on any atom is -0.493 e. The van der Waals surface area contributed by atoms with Crippen LogP contribution >= 0.6 is 11.6 Å². The summed E-state index contributed by atoms with van der Waals surface area (Å²) >= 11 is 6.07. The van der Waals surface area contributed by atoms with Crippen LogP contribution in [0.5, 0.6) is 5.75 Å². The molecule has 0 atom stereocenters. The molecule has 3 heteroatoms. The van der Waals surface area contributed by atoms with Crippen LogP contribution in [0.15, 0.2) is 48.5 Å². The first-order valence-electron chi connectivity index (χ1n) is 5.85. The van der Waals surface area contributed by atoms with E-state index in [9.17, 15) is 0 Å². The van der Waals surface area contributed by atoms with Gasteiger partial charge in [-0.3, -0.25) is 0 Å². The Hall–Kier alpha value is -1.51. The SMILES string of the molecule is OCc1cccc(OCCc2ccccc2Cl)c1. The zero-order valence-corrected chi connectivity index (χ0v) is 10.7. The van der Waals surface area contributed by atoms with Crippen molar-refractivity contribution in [2.75, 3.05) is 6.61 Å². The van der Waals surface area contributed by atoms with Crippen LogP contribution < -0.4 is 4.74 Å². The summed E-state index contributed by atoms with van der Waals surface area (Å²) in [5.41, 5.74) is 1.93. The molecule has 0 fully saturated rings. The number of hydrogen-bond acceptors (Lipinski definition) is 2. The predicted molar refractivity (Wildman–Crippen MR) is 73.0 cm³/mol. The number of halogens is 1. The van der Waals surface area contributed by atoms with E-state index in [1.54, 1.807) is 0 Å². The van der Waals surface area contributed by atoms with Gasteiger partial charge in [0.05, 0.1) is 13.2 Å². The van der Waals surface area contributed by atoms with Crippen molar-refractivity contribution in [3.8, 4) is 5.75 Å². The molecule has 0 aliphatic heterocycles. The summed E-state index contributed by atoms with van der Waals surface area (Å²) in [5.74, 6) is 0.772. The van der Waals surface area contributed by atoms with Crippen LogP contribution in [0.3, 0.4) is 0 Å². The van der Waals surface area contributed by atoms with Crippen molar-refractivity contribution in [2.24, 2.45) is 0 Å². The monoisotopic (exact) mass is 262 g/mol. The Labute approximate surface area is 112 Å². The average Bonchev–Trinajstić information content (AvgIpc) is 2.41. The first-order valence-corrected chi connectivity index (χ1v) is 6.23. The Morgan fingerprint density at radius 2 is 1.89 bits per heavy atom. The molecule has 0 unspecified atom stereocenters. The lowest BCUT2D eigenvalue weighted by molar-refractivity contribution is 0.279. The Morgan fingerprint density at radius 1 is 1.06 bits per heavy atom. The molecule has 2 aromatic rings. The van der Waals surface area contributed by atoms with Gasteiger partial charge in [-0.25, -0.2) is 0 Å². The molecule has 2 nitrogen and oxygen atoms in total. The summed E-state index contributed by atoms with van der Waals surface area (Å²) < 4.78 is 5.64. The van der Waals surface area contributed by atoms with E-state index in [-0.39, 0.29) is 6.61 Å². The lowest BCUT2D eigenvalue weighted by Crippen LogP contribution is -2.02. The van der Waals surface area contributed by atoms with Crippen molar-refractivity contribution >= 4 is 11.6 Å². The number of hydrogen-bond donors (Lipinski definition) is 1. The Kier molecular flexibility index (Phi) is 4.62. The number of aliphatic hydroxyl groups is 1. The molecule has 0 aliphatic rings. The van der Waals surface area contributed by atoms with Crippen LogP contribution in [0.2, 0.25) is 5.02 Å². The molecule has 94 valence electrons. The highest BCUT2D eigenvalue weighted by atomic mass is 35.5. The topological polar surface area (TPSA) is 29.5 Å². The lowest BCUT2D eigenvalue weighted by atomic mass is 10.1. The fourth-order valence-electron chi connectivity index (χ4n) is 1.71. The Balaban J connectivity index is 1.90. The fraction of sp³-hybridized carbons (Fsp3) is 0.200. The summed E-state index contributed by atoms with van der Waals surface area (Å²) in [6.45, 7) is 0.598. The Morgan fingerprint density at radius 3 is 2.67 bits per heavy atom. The van der Waals surface area contributed by atoms with Gasteiger partial charge in [-0.1, -0.05) is 41.9 Å². The molecule has 0 spiro atoms. The molecule has 0 amide bonds. The van der Waals surface area contributed by atoms with E-state index in [2.05, 4.69) is 0 Å². The van der Waals surface area contributed by atoms with Gasteiger partial charge in [0.2, 0.25) is 0 Å². The summed E-state index contributed by atoms with van der Waals surface area (Å²) in [6, 6.07) is 15.2. The van der Waals surface area contributed by atoms with Crippen molar-refractivity contribution in [3.05, 3.63) is 64.7 Å². The highest BCUT2D eigenvalue weighted by molar-refractivity contribution is 6.31. The smallest absolute Gasteiger partial charge is 0.119 e. The molecule has 18 heavy (non-hydrogen) atoms. The molecule has 1 N–H and O–H groups in total. The van der Waals surface area contributed by atoms with E-state index in [1.165, 1.54) is 0 Å². The molecule has 0 aromatic heterocycles. The molecular formula is C15H15ClO2. The van der Waals surface area contributed by atoms with Crippen molar-refractivity contribution in [3.63, 3.8) is 0 Å². The number of rotatable bonds is 5. The molecule has 2 rings (SSSR count). The molecule has 0 saturated carbocycles. The molecule has 2 aromatic carbocycles. The number of ether oxygens (including phenoxy) is 1. The van der Waals surface area contributed by atoms with Crippen LogP contribution in [0.4, 0.5) is 0 Å². The van der Waals surface area contributed by atoms with Gasteiger partial charge < -0.3 is 9.84 Å². The van der Waals surface area contributed by atoms with Gasteiger partial charge in [0.1, 0.15) is 5.75 Å². The molecular weight excluding hydrogens is 248 g/mol. The Bertz CT molecular complexity index is 511. The normalized spacial score (nSPS) is 10.3. The molecule has 0 bridgehead atoms. The van der Waals surface area contributed by atoms with Crippen LogP contribution in [0.1, 0.15) is 11.1 Å². The van der Waals surface area contributed by atoms with Crippen molar-refractivity contribution in [2.45, 2.75) is 13.0 Å². The minimum atomic E-state index is 0.0295. The van der Waals surface area contributed by atoms with Gasteiger partial charge in [-0.2, -0.15) is 0 Å². The third-order valence-electron chi connectivity index (χ3n) is 2.68. The van der Waals surface area contributed by atoms with Crippen LogP contribution in [0.25, 0.3) is 0 Å². The van der Waals surface area contributed by atoms with Gasteiger partial charge in [0.25, 0.3) is 0 Å². The summed E-state index contributed by atoms with van der Waals surface area (Å²) in [6.07, 6.45) is 0.767. The standard InChI is InChI=1S/C15H15ClO2/c16-15-7-2-1-5-13(15)8-9-18-14-6-3-4-12(10-14)11-17/h1-7,10,17H,8-9,11H2. The quantitative estimate of drug-likeness (QED) is 0.894. The van der Waals surface area contributed by atoms with Gasteiger partial charge in [-0.05, 0) is 29.3 Å². The van der Waals surface area contributed by atoms with E-state index in [1.807, 2.05) is 48.5 Å². The maximum Gasteiger partial charge on any atom is 0.119 e. The maximum absolute atomic E-state index is 9.03. The van der Waals surface area contributed by atoms with Crippen molar-refractivity contribution in [1.29, 1.82) is 0 Å². The molecule has 0 heterocycles. The maximum atomic E-state index is 9.03. The van der Waals surface area contributed by atoms with Crippen LogP contribution in [-0.4, -0.2) is 11.7 Å². The van der Waals surface area contributed by atoms with Gasteiger partial charge in [-0.15, -0.1) is 0 Å². The first-order chi connectivity index (χ1) is 8.79. The zero-order valence-electron chi connectivity index (χ0n) is 9.97. The van der Waals surface area contributed by atoms with E-state index >= 15 is 0 Å². The van der Waals surface area contributed by atoms with Crippen LogP contribution in [-0.2, 0) is 13.0 Å². The minimum absolute atomic E-state index is 0.0295. The number of benzene rings is 2. The second-order valence-electron chi connectivity index (χ2n) is 4.00. The summed E-state index contributed by atoms with van der Waals surface area (Å²) in [7, 11) is 0. The fourth-order valence-corrected chi connectivity index (χ4v) is 1.94. The molecule has 0 aliphatic carbocycles. The van der Waals surface area contributed by atoms with Gasteiger partial charge in [0, 0.05) is 11.4 Å². The molecule has 0 saturated heterocycles. The van der Waals surface area contributed by atoms with E-state index in [0.29, 0.717) is 6.61 Å². The second kappa shape index (κ2) is 6.43. The van der Waals surface area contributed by atoms with Gasteiger partial charge in [0.15, 0.2) is 0 Å².